The molecule has 0 spiro atoms. The molecule has 2 aromatic rings. The number of nitrogens with zero attached hydrogens (tertiary/aromatic N) is 1. The summed E-state index contributed by atoms with van der Waals surface area (Å²) in [6.45, 7) is 1.51. The Kier molecular flexibility index (Phi) is 3.79. The molecule has 0 N–H and O–H groups in total. The van der Waals surface area contributed by atoms with Crippen LogP contribution in [-0.2, 0) is 24.2 Å². The van der Waals surface area contributed by atoms with Crippen LogP contribution < -0.4 is 0 Å². The fraction of sp³-hybridized carbons (Fsp3) is 0.235. The lowest BCUT2D eigenvalue weighted by Crippen LogP contribution is -2.36. The van der Waals surface area contributed by atoms with Gasteiger partial charge in [-0.05, 0) is 35.2 Å². The normalized spacial score (nSPS) is 13.9. The third-order valence-electron chi connectivity index (χ3n) is 3.75. The van der Waals surface area contributed by atoms with Crippen LogP contribution in [0.15, 0.2) is 53.4 Å². The highest BCUT2D eigenvalue weighted by atomic mass is 32.1. The summed E-state index contributed by atoms with van der Waals surface area (Å²) >= 11 is 4.38. The van der Waals surface area contributed by atoms with E-state index in [4.69, 9.17) is 0 Å². The van der Waals surface area contributed by atoms with Crippen molar-refractivity contribution < 1.29 is 4.79 Å². The van der Waals surface area contributed by atoms with Crippen LogP contribution in [0.4, 0.5) is 0 Å². The molecule has 0 aromatic heterocycles. The predicted octanol–water partition coefficient (Wildman–Crippen LogP) is 3.10. The number of carbonyl (C=O) groups excluding carboxylic acids is 1. The highest BCUT2D eigenvalue weighted by Gasteiger charge is 2.20. The zero-order valence-electron chi connectivity index (χ0n) is 11.2. The first-order valence-corrected chi connectivity index (χ1v) is 7.29. The highest BCUT2D eigenvalue weighted by molar-refractivity contribution is 7.80. The summed E-state index contributed by atoms with van der Waals surface area (Å²) < 4.78 is 0. The predicted molar refractivity (Wildman–Crippen MR) is 83.0 cm³/mol. The number of fused-ring (bicyclic) bond motifs is 1. The first-order chi connectivity index (χ1) is 9.72. The Hall–Kier alpha value is -1.74. The van der Waals surface area contributed by atoms with Gasteiger partial charge in [0.2, 0.25) is 5.91 Å². The van der Waals surface area contributed by atoms with Crippen molar-refractivity contribution in [2.75, 3.05) is 6.54 Å². The SMILES string of the molecule is O=C(Cc1ccccc1)N1CCc2ccc(S)cc2C1. The third kappa shape index (κ3) is 2.88. The average molecular weight is 283 g/mol. The van der Waals surface area contributed by atoms with E-state index in [1.54, 1.807) is 0 Å². The van der Waals surface area contributed by atoms with Crippen molar-refractivity contribution in [3.8, 4) is 0 Å². The molecule has 3 rings (SSSR count). The number of benzene rings is 2. The zero-order chi connectivity index (χ0) is 13.9. The van der Waals surface area contributed by atoms with Gasteiger partial charge in [-0.1, -0.05) is 36.4 Å². The molecule has 0 saturated heterocycles. The highest BCUT2D eigenvalue weighted by Crippen LogP contribution is 2.22. The summed E-state index contributed by atoms with van der Waals surface area (Å²) in [6.07, 6.45) is 1.42. The number of rotatable bonds is 2. The van der Waals surface area contributed by atoms with Gasteiger partial charge in [0.25, 0.3) is 0 Å². The molecule has 0 radical (unpaired) electrons. The molecule has 1 heterocycles. The molecule has 1 amide bonds. The van der Waals surface area contributed by atoms with Gasteiger partial charge in [-0.15, -0.1) is 12.6 Å². The molecule has 0 unspecified atom stereocenters. The van der Waals surface area contributed by atoms with E-state index in [1.165, 1.54) is 11.1 Å². The van der Waals surface area contributed by atoms with Crippen molar-refractivity contribution in [1.29, 1.82) is 0 Å². The van der Waals surface area contributed by atoms with Crippen LogP contribution >= 0.6 is 12.6 Å². The number of hydrogen-bond acceptors (Lipinski definition) is 2. The lowest BCUT2D eigenvalue weighted by atomic mass is 9.99. The first kappa shape index (κ1) is 13.3. The minimum atomic E-state index is 0.200. The molecule has 1 aliphatic heterocycles. The molecule has 0 fully saturated rings. The Labute approximate surface area is 124 Å². The van der Waals surface area contributed by atoms with Crippen molar-refractivity contribution in [2.45, 2.75) is 24.3 Å². The maximum atomic E-state index is 12.4. The van der Waals surface area contributed by atoms with Crippen molar-refractivity contribution in [1.82, 2.24) is 4.90 Å². The Morgan fingerprint density at radius 2 is 1.90 bits per heavy atom. The Morgan fingerprint density at radius 1 is 1.10 bits per heavy atom. The van der Waals surface area contributed by atoms with Crippen LogP contribution in [0.1, 0.15) is 16.7 Å². The molecule has 1 aliphatic rings. The van der Waals surface area contributed by atoms with Crippen LogP contribution in [0.2, 0.25) is 0 Å². The fourth-order valence-electron chi connectivity index (χ4n) is 2.64. The minimum Gasteiger partial charge on any atom is -0.338 e. The number of carbonyl (C=O) groups is 1. The Balaban J connectivity index is 1.72. The van der Waals surface area contributed by atoms with Crippen molar-refractivity contribution >= 4 is 18.5 Å². The first-order valence-electron chi connectivity index (χ1n) is 6.85. The minimum absolute atomic E-state index is 0.200. The quantitative estimate of drug-likeness (QED) is 0.840. The maximum absolute atomic E-state index is 12.4. The van der Waals surface area contributed by atoms with Crippen LogP contribution in [-0.4, -0.2) is 17.4 Å². The van der Waals surface area contributed by atoms with Gasteiger partial charge in [0.1, 0.15) is 0 Å². The Morgan fingerprint density at radius 3 is 2.70 bits per heavy atom. The molecule has 20 heavy (non-hydrogen) atoms. The lowest BCUT2D eigenvalue weighted by molar-refractivity contribution is -0.131. The zero-order valence-corrected chi connectivity index (χ0v) is 12.1. The van der Waals surface area contributed by atoms with E-state index in [-0.39, 0.29) is 5.91 Å². The maximum Gasteiger partial charge on any atom is 0.227 e. The molecule has 2 aromatic carbocycles. The number of amides is 1. The number of thiol groups is 1. The van der Waals surface area contributed by atoms with Gasteiger partial charge < -0.3 is 4.90 Å². The van der Waals surface area contributed by atoms with Gasteiger partial charge in [-0.25, -0.2) is 0 Å². The molecular formula is C17H17NOS. The van der Waals surface area contributed by atoms with Crippen LogP contribution in [0.3, 0.4) is 0 Å². The van der Waals surface area contributed by atoms with Gasteiger partial charge in [0.05, 0.1) is 6.42 Å². The van der Waals surface area contributed by atoms with E-state index < -0.39 is 0 Å². The molecule has 0 saturated carbocycles. The Bertz CT molecular complexity index is 624. The second kappa shape index (κ2) is 5.71. The molecule has 0 atom stereocenters. The smallest absolute Gasteiger partial charge is 0.227 e. The van der Waals surface area contributed by atoms with E-state index >= 15 is 0 Å². The topological polar surface area (TPSA) is 20.3 Å². The number of hydrogen-bond donors (Lipinski definition) is 1. The molecular weight excluding hydrogens is 266 g/mol. The van der Waals surface area contributed by atoms with Gasteiger partial charge in [0, 0.05) is 18.0 Å². The molecule has 3 heteroatoms. The van der Waals surface area contributed by atoms with Crippen molar-refractivity contribution in [2.24, 2.45) is 0 Å². The average Bonchev–Trinajstić information content (AvgIpc) is 2.47. The van der Waals surface area contributed by atoms with Gasteiger partial charge in [0.15, 0.2) is 0 Å². The van der Waals surface area contributed by atoms with E-state index in [1.807, 2.05) is 41.3 Å². The summed E-state index contributed by atoms with van der Waals surface area (Å²) in [5.74, 6) is 0.200. The standard InChI is InChI=1S/C17H17NOS/c19-17(10-13-4-2-1-3-5-13)18-9-8-14-6-7-16(20)11-15(14)12-18/h1-7,11,20H,8-10,12H2. The fourth-order valence-corrected chi connectivity index (χ4v) is 2.87. The summed E-state index contributed by atoms with van der Waals surface area (Å²) in [6, 6.07) is 16.1. The van der Waals surface area contributed by atoms with Gasteiger partial charge in [-0.2, -0.15) is 0 Å². The van der Waals surface area contributed by atoms with Crippen molar-refractivity contribution in [3.63, 3.8) is 0 Å². The molecule has 102 valence electrons. The van der Waals surface area contributed by atoms with E-state index in [0.29, 0.717) is 13.0 Å². The molecule has 2 nitrogen and oxygen atoms in total. The summed E-state index contributed by atoms with van der Waals surface area (Å²) in [4.78, 5) is 15.3. The third-order valence-corrected chi connectivity index (χ3v) is 4.03. The summed E-state index contributed by atoms with van der Waals surface area (Å²) in [7, 11) is 0. The van der Waals surface area contributed by atoms with Crippen molar-refractivity contribution in [3.05, 3.63) is 65.2 Å². The van der Waals surface area contributed by atoms with Gasteiger partial charge >= 0.3 is 0 Å². The van der Waals surface area contributed by atoms with E-state index in [9.17, 15) is 4.79 Å². The summed E-state index contributed by atoms with van der Waals surface area (Å²) in [5, 5.41) is 0. The second-order valence-electron chi connectivity index (χ2n) is 5.18. The van der Waals surface area contributed by atoms with E-state index in [2.05, 4.69) is 24.8 Å². The molecule has 0 aliphatic carbocycles. The van der Waals surface area contributed by atoms with Crippen LogP contribution in [0.5, 0.6) is 0 Å². The van der Waals surface area contributed by atoms with Crippen LogP contribution in [0, 0.1) is 0 Å². The lowest BCUT2D eigenvalue weighted by Gasteiger charge is -2.29. The second-order valence-corrected chi connectivity index (χ2v) is 5.70. The van der Waals surface area contributed by atoms with E-state index in [0.717, 1.165) is 23.4 Å². The van der Waals surface area contributed by atoms with Crippen LogP contribution in [0.25, 0.3) is 0 Å². The monoisotopic (exact) mass is 283 g/mol. The molecule has 0 bridgehead atoms. The van der Waals surface area contributed by atoms with Gasteiger partial charge in [-0.3, -0.25) is 4.79 Å². The largest absolute Gasteiger partial charge is 0.338 e. The summed E-state index contributed by atoms with van der Waals surface area (Å²) in [5.41, 5.74) is 3.64.